The fraction of sp³-hybridized carbons (Fsp3) is 1.00. The lowest BCUT2D eigenvalue weighted by Gasteiger charge is -2.24. The Hall–Kier alpha value is -0.0800. The van der Waals surface area contributed by atoms with Gasteiger partial charge < -0.3 is 10.1 Å². The standard InChI is InChI=1S/C15H29NO/c1-3-12-6-7-13(11-12)15(16-2)9-8-14-5-4-10-17-14/h12-16H,3-11H2,1-2H3. The van der Waals surface area contributed by atoms with Crippen molar-refractivity contribution in [3.63, 3.8) is 0 Å². The Bertz CT molecular complexity index is 213. The van der Waals surface area contributed by atoms with Crippen LogP contribution in [-0.2, 0) is 4.74 Å². The van der Waals surface area contributed by atoms with Gasteiger partial charge in [-0.15, -0.1) is 0 Å². The molecule has 2 fully saturated rings. The van der Waals surface area contributed by atoms with Gasteiger partial charge >= 0.3 is 0 Å². The van der Waals surface area contributed by atoms with Gasteiger partial charge in [-0.2, -0.15) is 0 Å². The summed E-state index contributed by atoms with van der Waals surface area (Å²) in [4.78, 5) is 0. The lowest BCUT2D eigenvalue weighted by atomic mass is 9.91. The highest BCUT2D eigenvalue weighted by Gasteiger charge is 2.29. The molecule has 2 rings (SSSR count). The summed E-state index contributed by atoms with van der Waals surface area (Å²) in [7, 11) is 2.14. The Morgan fingerprint density at radius 3 is 2.76 bits per heavy atom. The van der Waals surface area contributed by atoms with E-state index in [1.807, 2.05) is 0 Å². The van der Waals surface area contributed by atoms with Gasteiger partial charge in [0.15, 0.2) is 0 Å². The van der Waals surface area contributed by atoms with Crippen molar-refractivity contribution in [1.29, 1.82) is 0 Å². The Labute approximate surface area is 107 Å². The number of nitrogens with one attached hydrogen (secondary N) is 1. The monoisotopic (exact) mass is 239 g/mol. The van der Waals surface area contributed by atoms with Crippen molar-refractivity contribution in [3.8, 4) is 0 Å². The first-order valence-corrected chi connectivity index (χ1v) is 7.62. The van der Waals surface area contributed by atoms with Crippen molar-refractivity contribution in [3.05, 3.63) is 0 Å². The molecule has 0 aromatic heterocycles. The summed E-state index contributed by atoms with van der Waals surface area (Å²) in [5, 5.41) is 3.56. The fourth-order valence-corrected chi connectivity index (χ4v) is 3.70. The predicted molar refractivity (Wildman–Crippen MR) is 72.2 cm³/mol. The van der Waals surface area contributed by atoms with Crippen molar-refractivity contribution in [2.24, 2.45) is 11.8 Å². The SMILES string of the molecule is CCC1CCC(C(CCC2CCCO2)NC)C1. The van der Waals surface area contributed by atoms with E-state index in [9.17, 15) is 0 Å². The topological polar surface area (TPSA) is 21.3 Å². The third-order valence-electron chi connectivity index (χ3n) is 4.92. The van der Waals surface area contributed by atoms with E-state index in [1.54, 1.807) is 0 Å². The predicted octanol–water partition coefficient (Wildman–Crippen LogP) is 3.36. The average molecular weight is 239 g/mol. The summed E-state index contributed by atoms with van der Waals surface area (Å²) in [6.45, 7) is 3.34. The minimum atomic E-state index is 0.564. The molecular formula is C15H29NO. The molecule has 1 aliphatic heterocycles. The molecule has 1 saturated carbocycles. The van der Waals surface area contributed by atoms with Crippen LogP contribution in [-0.4, -0.2) is 25.8 Å². The summed E-state index contributed by atoms with van der Waals surface area (Å²) in [5.74, 6) is 1.92. The number of rotatable bonds is 6. The lowest BCUT2D eigenvalue weighted by Crippen LogP contribution is -2.33. The van der Waals surface area contributed by atoms with Crippen LogP contribution >= 0.6 is 0 Å². The van der Waals surface area contributed by atoms with E-state index in [-0.39, 0.29) is 0 Å². The van der Waals surface area contributed by atoms with Crippen LogP contribution in [0.2, 0.25) is 0 Å². The largest absolute Gasteiger partial charge is 0.378 e. The molecule has 0 spiro atoms. The number of hydrogen-bond donors (Lipinski definition) is 1. The highest BCUT2D eigenvalue weighted by molar-refractivity contribution is 4.84. The fourth-order valence-electron chi connectivity index (χ4n) is 3.70. The van der Waals surface area contributed by atoms with Crippen LogP contribution in [0.25, 0.3) is 0 Å². The maximum atomic E-state index is 5.73. The summed E-state index contributed by atoms with van der Waals surface area (Å²) in [6.07, 6.45) is 11.4. The third kappa shape index (κ3) is 3.69. The van der Waals surface area contributed by atoms with E-state index in [4.69, 9.17) is 4.74 Å². The highest BCUT2D eigenvalue weighted by Crippen LogP contribution is 2.36. The van der Waals surface area contributed by atoms with Crippen LogP contribution in [0.5, 0.6) is 0 Å². The Kier molecular flexibility index (Phi) is 5.30. The smallest absolute Gasteiger partial charge is 0.0576 e. The van der Waals surface area contributed by atoms with Crippen LogP contribution < -0.4 is 5.32 Å². The maximum Gasteiger partial charge on any atom is 0.0576 e. The quantitative estimate of drug-likeness (QED) is 0.767. The minimum absolute atomic E-state index is 0.564. The molecule has 0 aromatic rings. The van der Waals surface area contributed by atoms with Gasteiger partial charge in [0.05, 0.1) is 6.10 Å². The van der Waals surface area contributed by atoms with Crippen molar-refractivity contribution in [2.75, 3.05) is 13.7 Å². The Morgan fingerprint density at radius 2 is 2.18 bits per heavy atom. The summed E-state index contributed by atoms with van der Waals surface area (Å²) >= 11 is 0. The number of hydrogen-bond acceptors (Lipinski definition) is 2. The van der Waals surface area contributed by atoms with E-state index in [1.165, 1.54) is 51.4 Å². The number of ether oxygens (including phenoxy) is 1. The molecule has 1 saturated heterocycles. The Morgan fingerprint density at radius 1 is 1.29 bits per heavy atom. The van der Waals surface area contributed by atoms with Crippen LogP contribution in [0, 0.1) is 11.8 Å². The molecule has 2 aliphatic rings. The molecule has 2 heteroatoms. The summed E-state index contributed by atoms with van der Waals surface area (Å²) in [6, 6.07) is 0.732. The first-order valence-electron chi connectivity index (χ1n) is 7.62. The highest BCUT2D eigenvalue weighted by atomic mass is 16.5. The summed E-state index contributed by atoms with van der Waals surface area (Å²) in [5.41, 5.74) is 0. The second-order valence-electron chi connectivity index (χ2n) is 5.95. The average Bonchev–Trinajstić information content (AvgIpc) is 3.00. The zero-order chi connectivity index (χ0) is 12.1. The molecule has 0 aromatic carbocycles. The van der Waals surface area contributed by atoms with Crippen LogP contribution in [0.15, 0.2) is 0 Å². The van der Waals surface area contributed by atoms with E-state index in [0.717, 1.165) is 24.5 Å². The Balaban J connectivity index is 1.72. The van der Waals surface area contributed by atoms with Crippen molar-refractivity contribution >= 4 is 0 Å². The minimum Gasteiger partial charge on any atom is -0.378 e. The van der Waals surface area contributed by atoms with Gasteiger partial charge in [0.25, 0.3) is 0 Å². The molecule has 0 bridgehead atoms. The summed E-state index contributed by atoms with van der Waals surface area (Å²) < 4.78 is 5.73. The van der Waals surface area contributed by atoms with Gasteiger partial charge in [0.1, 0.15) is 0 Å². The second-order valence-corrected chi connectivity index (χ2v) is 5.95. The molecule has 1 N–H and O–H groups in total. The normalized spacial score (nSPS) is 35.3. The first kappa shape index (κ1) is 13.4. The van der Waals surface area contributed by atoms with Gasteiger partial charge in [0.2, 0.25) is 0 Å². The zero-order valence-electron chi connectivity index (χ0n) is 11.6. The molecule has 0 amide bonds. The van der Waals surface area contributed by atoms with Gasteiger partial charge in [-0.1, -0.05) is 19.8 Å². The van der Waals surface area contributed by atoms with E-state index in [0.29, 0.717) is 6.10 Å². The van der Waals surface area contributed by atoms with Crippen molar-refractivity contribution in [1.82, 2.24) is 5.32 Å². The molecule has 100 valence electrons. The lowest BCUT2D eigenvalue weighted by molar-refractivity contribution is 0.0974. The van der Waals surface area contributed by atoms with Crippen LogP contribution in [0.3, 0.4) is 0 Å². The molecular weight excluding hydrogens is 210 g/mol. The van der Waals surface area contributed by atoms with E-state index in [2.05, 4.69) is 19.3 Å². The maximum absolute atomic E-state index is 5.73. The van der Waals surface area contributed by atoms with E-state index >= 15 is 0 Å². The van der Waals surface area contributed by atoms with Crippen molar-refractivity contribution < 1.29 is 4.74 Å². The second kappa shape index (κ2) is 6.75. The molecule has 4 atom stereocenters. The van der Waals surface area contributed by atoms with Crippen molar-refractivity contribution in [2.45, 2.75) is 70.4 Å². The zero-order valence-corrected chi connectivity index (χ0v) is 11.6. The molecule has 1 aliphatic carbocycles. The molecule has 4 unspecified atom stereocenters. The molecule has 2 nitrogen and oxygen atoms in total. The van der Waals surface area contributed by atoms with Crippen LogP contribution in [0.1, 0.15) is 58.3 Å². The molecule has 1 heterocycles. The molecule has 0 radical (unpaired) electrons. The molecule has 17 heavy (non-hydrogen) atoms. The van der Waals surface area contributed by atoms with Gasteiger partial charge in [-0.25, -0.2) is 0 Å². The third-order valence-corrected chi connectivity index (χ3v) is 4.92. The van der Waals surface area contributed by atoms with E-state index < -0.39 is 0 Å². The van der Waals surface area contributed by atoms with Crippen LogP contribution in [0.4, 0.5) is 0 Å². The van der Waals surface area contributed by atoms with Gasteiger partial charge in [-0.05, 0) is 57.4 Å². The first-order chi connectivity index (χ1) is 8.33. The van der Waals surface area contributed by atoms with Gasteiger partial charge in [-0.3, -0.25) is 0 Å². The van der Waals surface area contributed by atoms with Gasteiger partial charge in [0, 0.05) is 12.6 Å².